The van der Waals surface area contributed by atoms with E-state index >= 15 is 0 Å². The topological polar surface area (TPSA) is 41.1 Å². The summed E-state index contributed by atoms with van der Waals surface area (Å²) in [5.41, 5.74) is 4.79. The summed E-state index contributed by atoms with van der Waals surface area (Å²) in [6, 6.07) is 12.4. The zero-order valence-corrected chi connectivity index (χ0v) is 11.7. The molecule has 0 fully saturated rings. The van der Waals surface area contributed by atoms with Gasteiger partial charge in [-0.25, -0.2) is 4.79 Å². The molecule has 4 rings (SSSR count). The van der Waals surface area contributed by atoms with Crippen LogP contribution in [0.5, 0.6) is 0 Å². The van der Waals surface area contributed by atoms with Crippen LogP contribution in [0.3, 0.4) is 0 Å². The maximum atomic E-state index is 12.0. The van der Waals surface area contributed by atoms with Gasteiger partial charge in [0.2, 0.25) is 0 Å². The lowest BCUT2D eigenvalue weighted by atomic mass is 9.84. The lowest BCUT2D eigenvalue weighted by Crippen LogP contribution is -2.44. The van der Waals surface area contributed by atoms with E-state index in [1.807, 2.05) is 12.1 Å². The molecular formula is C16H14N2OS. The third-order valence-corrected chi connectivity index (χ3v) is 4.90. The first-order chi connectivity index (χ1) is 9.83. The SMILES string of the molecule is O=C1NC2=C(CCc3ccccc32)C(c2cccs2)N1. The van der Waals surface area contributed by atoms with Crippen molar-refractivity contribution in [2.45, 2.75) is 18.9 Å². The second-order valence-corrected chi connectivity index (χ2v) is 6.08. The standard InChI is InChI=1S/C16H14N2OS/c19-16-17-14-11-5-2-1-4-10(11)7-8-12(14)15(18-16)13-6-3-9-20-13/h1-6,9,15H,7-8H2,(H2,17,18,19). The van der Waals surface area contributed by atoms with Crippen LogP contribution in [-0.4, -0.2) is 6.03 Å². The smallest absolute Gasteiger partial charge is 0.320 e. The van der Waals surface area contributed by atoms with Gasteiger partial charge < -0.3 is 10.6 Å². The lowest BCUT2D eigenvalue weighted by Gasteiger charge is -2.33. The summed E-state index contributed by atoms with van der Waals surface area (Å²) in [7, 11) is 0. The van der Waals surface area contributed by atoms with Crippen molar-refractivity contribution in [2.24, 2.45) is 0 Å². The lowest BCUT2D eigenvalue weighted by molar-refractivity contribution is 0.240. The molecule has 0 spiro atoms. The zero-order valence-electron chi connectivity index (χ0n) is 10.8. The third kappa shape index (κ3) is 1.76. The van der Waals surface area contributed by atoms with Crippen molar-refractivity contribution in [3.05, 3.63) is 63.4 Å². The number of rotatable bonds is 1. The molecule has 2 amide bonds. The molecule has 4 heteroatoms. The van der Waals surface area contributed by atoms with E-state index in [2.05, 4.69) is 40.3 Å². The normalized spacial score (nSPS) is 20.8. The minimum absolute atomic E-state index is 0.0205. The van der Waals surface area contributed by atoms with Crippen LogP contribution in [0.1, 0.15) is 28.5 Å². The Hall–Kier alpha value is -2.07. The summed E-state index contributed by atoms with van der Waals surface area (Å²) in [6.07, 6.45) is 2.02. The Labute approximate surface area is 121 Å². The van der Waals surface area contributed by atoms with Crippen molar-refractivity contribution in [3.63, 3.8) is 0 Å². The number of fused-ring (bicyclic) bond motifs is 2. The van der Waals surface area contributed by atoms with Gasteiger partial charge in [-0.3, -0.25) is 0 Å². The number of amides is 2. The van der Waals surface area contributed by atoms with Crippen LogP contribution in [-0.2, 0) is 6.42 Å². The maximum absolute atomic E-state index is 12.0. The van der Waals surface area contributed by atoms with Gasteiger partial charge in [-0.15, -0.1) is 11.3 Å². The van der Waals surface area contributed by atoms with Crippen molar-refractivity contribution in [2.75, 3.05) is 0 Å². The maximum Gasteiger partial charge on any atom is 0.320 e. The van der Waals surface area contributed by atoms with Gasteiger partial charge in [0.25, 0.3) is 0 Å². The molecule has 1 atom stereocenters. The van der Waals surface area contributed by atoms with Crippen LogP contribution in [0, 0.1) is 0 Å². The largest absolute Gasteiger partial charge is 0.326 e. The molecular weight excluding hydrogens is 268 g/mol. The van der Waals surface area contributed by atoms with Crippen molar-refractivity contribution in [3.8, 4) is 0 Å². The minimum Gasteiger partial charge on any atom is -0.326 e. The molecule has 1 aromatic heterocycles. The Morgan fingerprint density at radius 2 is 2.00 bits per heavy atom. The first kappa shape index (κ1) is 11.7. The molecule has 100 valence electrons. The van der Waals surface area contributed by atoms with E-state index < -0.39 is 0 Å². The number of hydrogen-bond donors (Lipinski definition) is 2. The molecule has 0 saturated carbocycles. The first-order valence-corrected chi connectivity index (χ1v) is 7.63. The van der Waals surface area contributed by atoms with Gasteiger partial charge in [-0.2, -0.15) is 0 Å². The molecule has 1 aliphatic carbocycles. The van der Waals surface area contributed by atoms with E-state index in [1.165, 1.54) is 21.6 Å². The average molecular weight is 282 g/mol. The fourth-order valence-electron chi connectivity index (χ4n) is 3.05. The highest BCUT2D eigenvalue weighted by atomic mass is 32.1. The number of carbonyl (C=O) groups is 1. The van der Waals surface area contributed by atoms with Crippen LogP contribution in [0.15, 0.2) is 47.4 Å². The average Bonchev–Trinajstić information content (AvgIpc) is 3.00. The molecule has 2 aliphatic rings. The highest BCUT2D eigenvalue weighted by Crippen LogP contribution is 2.39. The number of hydrogen-bond acceptors (Lipinski definition) is 2. The fraction of sp³-hybridized carbons (Fsp3) is 0.188. The van der Waals surface area contributed by atoms with Crippen molar-refractivity contribution in [1.29, 1.82) is 0 Å². The van der Waals surface area contributed by atoms with Crippen molar-refractivity contribution >= 4 is 23.1 Å². The summed E-state index contributed by atoms with van der Waals surface area (Å²) in [6.45, 7) is 0. The molecule has 2 N–H and O–H groups in total. The number of thiophene rings is 1. The fourth-order valence-corrected chi connectivity index (χ4v) is 3.86. The van der Waals surface area contributed by atoms with Gasteiger partial charge >= 0.3 is 6.03 Å². The molecule has 1 unspecified atom stereocenters. The number of aryl methyl sites for hydroxylation is 1. The van der Waals surface area contributed by atoms with Crippen molar-refractivity contribution < 1.29 is 4.79 Å². The molecule has 2 heterocycles. The predicted octanol–water partition coefficient (Wildman–Crippen LogP) is 3.46. The molecule has 1 aliphatic heterocycles. The Kier molecular flexibility index (Phi) is 2.63. The van der Waals surface area contributed by atoms with E-state index in [0.717, 1.165) is 18.5 Å². The summed E-state index contributed by atoms with van der Waals surface area (Å²) < 4.78 is 0. The summed E-state index contributed by atoms with van der Waals surface area (Å²) in [5.74, 6) is 0. The number of carbonyl (C=O) groups excluding carboxylic acids is 1. The predicted molar refractivity (Wildman–Crippen MR) is 80.4 cm³/mol. The van der Waals surface area contributed by atoms with E-state index in [9.17, 15) is 4.79 Å². The van der Waals surface area contributed by atoms with Crippen LogP contribution >= 0.6 is 11.3 Å². The van der Waals surface area contributed by atoms with E-state index in [1.54, 1.807) is 11.3 Å². The Bertz CT molecular complexity index is 703. The first-order valence-electron chi connectivity index (χ1n) is 6.75. The van der Waals surface area contributed by atoms with E-state index in [4.69, 9.17) is 0 Å². The van der Waals surface area contributed by atoms with Crippen LogP contribution in [0.25, 0.3) is 5.70 Å². The summed E-state index contributed by atoms with van der Waals surface area (Å²) in [5, 5.41) is 8.11. The van der Waals surface area contributed by atoms with Gasteiger partial charge in [-0.05, 0) is 35.4 Å². The van der Waals surface area contributed by atoms with Gasteiger partial charge in [0.1, 0.15) is 0 Å². The zero-order chi connectivity index (χ0) is 13.5. The molecule has 0 radical (unpaired) electrons. The molecule has 3 nitrogen and oxygen atoms in total. The number of urea groups is 1. The second kappa shape index (κ2) is 4.49. The van der Waals surface area contributed by atoms with Gasteiger partial charge in [-0.1, -0.05) is 30.3 Å². The Morgan fingerprint density at radius 3 is 2.85 bits per heavy atom. The monoisotopic (exact) mass is 282 g/mol. The van der Waals surface area contributed by atoms with Gasteiger partial charge in [0.15, 0.2) is 0 Å². The van der Waals surface area contributed by atoms with Crippen molar-refractivity contribution in [1.82, 2.24) is 10.6 Å². The van der Waals surface area contributed by atoms with Crippen LogP contribution in [0.2, 0.25) is 0 Å². The summed E-state index contributed by atoms with van der Waals surface area (Å²) in [4.78, 5) is 13.2. The third-order valence-electron chi connectivity index (χ3n) is 3.96. The quantitative estimate of drug-likeness (QED) is 0.826. The highest BCUT2D eigenvalue weighted by Gasteiger charge is 2.32. The highest BCUT2D eigenvalue weighted by molar-refractivity contribution is 7.10. The molecule has 2 aromatic rings. The Balaban J connectivity index is 1.87. The van der Waals surface area contributed by atoms with E-state index in [-0.39, 0.29) is 12.1 Å². The number of nitrogens with one attached hydrogen (secondary N) is 2. The molecule has 0 bridgehead atoms. The van der Waals surface area contributed by atoms with Gasteiger partial charge in [0.05, 0.1) is 11.7 Å². The Morgan fingerprint density at radius 1 is 1.10 bits per heavy atom. The van der Waals surface area contributed by atoms with Crippen LogP contribution in [0.4, 0.5) is 4.79 Å². The number of benzene rings is 1. The van der Waals surface area contributed by atoms with Crippen LogP contribution < -0.4 is 10.6 Å². The second-order valence-electron chi connectivity index (χ2n) is 5.10. The molecule has 0 saturated heterocycles. The van der Waals surface area contributed by atoms with Gasteiger partial charge in [0, 0.05) is 10.4 Å². The minimum atomic E-state index is -0.112. The molecule has 20 heavy (non-hydrogen) atoms. The summed E-state index contributed by atoms with van der Waals surface area (Å²) >= 11 is 1.69. The molecule has 1 aromatic carbocycles. The van der Waals surface area contributed by atoms with E-state index in [0.29, 0.717) is 0 Å².